The third kappa shape index (κ3) is 5.57. The number of amides is 2. The molecule has 4 heterocycles. The number of hydrogen-bond acceptors (Lipinski definition) is 7. The summed E-state index contributed by atoms with van der Waals surface area (Å²) >= 11 is 0. The quantitative estimate of drug-likeness (QED) is 0.305. The van der Waals surface area contributed by atoms with Crippen molar-refractivity contribution in [1.82, 2.24) is 9.80 Å². The molecule has 44 heavy (non-hydrogen) atoms. The zero-order chi connectivity index (χ0) is 30.8. The van der Waals surface area contributed by atoms with Crippen LogP contribution in [0.3, 0.4) is 0 Å². The van der Waals surface area contributed by atoms with Gasteiger partial charge in [0.05, 0.1) is 54.9 Å². The molecule has 0 bridgehead atoms. The summed E-state index contributed by atoms with van der Waals surface area (Å²) in [6.07, 6.45) is 17.6. The van der Waals surface area contributed by atoms with Crippen molar-refractivity contribution in [3.8, 4) is 17.2 Å². The van der Waals surface area contributed by atoms with Crippen LogP contribution in [0.4, 0.5) is 11.4 Å². The van der Waals surface area contributed by atoms with E-state index in [1.54, 1.807) is 29.0 Å². The SMILES string of the molecule is C/C=C/C1=CN2C(=O)c3cc(C)c(OCCCOc4cc5c(cc4OC)C(=O)N4C=C(/C=C/C)C[C@H]4C=N5)cc3N=C[C@@H]2C1. The lowest BCUT2D eigenvalue weighted by Crippen LogP contribution is -2.32. The Balaban J connectivity index is 1.09. The van der Waals surface area contributed by atoms with Gasteiger partial charge in [-0.1, -0.05) is 24.3 Å². The van der Waals surface area contributed by atoms with Crippen molar-refractivity contribution in [3.05, 3.63) is 88.8 Å². The summed E-state index contributed by atoms with van der Waals surface area (Å²) in [5, 5.41) is 0. The molecule has 2 amide bonds. The van der Waals surface area contributed by atoms with Gasteiger partial charge in [0.2, 0.25) is 0 Å². The molecule has 0 unspecified atom stereocenters. The summed E-state index contributed by atoms with van der Waals surface area (Å²) < 4.78 is 17.7. The monoisotopic (exact) mass is 592 g/mol. The van der Waals surface area contributed by atoms with Gasteiger partial charge in [0, 0.05) is 43.4 Å². The van der Waals surface area contributed by atoms with E-state index in [4.69, 9.17) is 14.2 Å². The van der Waals surface area contributed by atoms with E-state index in [2.05, 4.69) is 9.98 Å². The van der Waals surface area contributed by atoms with Crippen LogP contribution < -0.4 is 14.2 Å². The van der Waals surface area contributed by atoms with E-state index in [-0.39, 0.29) is 23.9 Å². The molecule has 2 aromatic rings. The molecule has 0 aliphatic carbocycles. The van der Waals surface area contributed by atoms with Gasteiger partial charge in [-0.05, 0) is 62.5 Å². The first-order valence-electron chi connectivity index (χ1n) is 14.9. The largest absolute Gasteiger partial charge is 0.493 e. The van der Waals surface area contributed by atoms with Crippen molar-refractivity contribution in [1.29, 1.82) is 0 Å². The molecule has 2 aromatic carbocycles. The first kappa shape index (κ1) is 29.2. The average molecular weight is 593 g/mol. The van der Waals surface area contributed by atoms with Crippen LogP contribution in [-0.4, -0.2) is 66.5 Å². The van der Waals surface area contributed by atoms with Gasteiger partial charge in [0.1, 0.15) is 5.75 Å². The minimum atomic E-state index is -0.113. The number of nitrogens with zero attached hydrogens (tertiary/aromatic N) is 4. The number of aryl methyl sites for hydroxylation is 1. The molecule has 9 nitrogen and oxygen atoms in total. The molecule has 0 N–H and O–H groups in total. The second-order valence-electron chi connectivity index (χ2n) is 11.1. The maximum absolute atomic E-state index is 13.4. The summed E-state index contributed by atoms with van der Waals surface area (Å²) in [5.41, 5.74) is 5.29. The van der Waals surface area contributed by atoms with Crippen LogP contribution in [0.2, 0.25) is 0 Å². The van der Waals surface area contributed by atoms with Crippen LogP contribution in [0, 0.1) is 6.92 Å². The Morgan fingerprint density at radius 2 is 1.30 bits per heavy atom. The van der Waals surface area contributed by atoms with Crippen LogP contribution in [0.1, 0.15) is 59.4 Å². The number of aliphatic imine (C=N–C) groups is 2. The zero-order valence-corrected chi connectivity index (χ0v) is 25.4. The second kappa shape index (κ2) is 12.4. The molecule has 0 saturated heterocycles. The molecular formula is C35H36N4O5. The number of allylic oxidation sites excluding steroid dienone is 4. The smallest absolute Gasteiger partial charge is 0.260 e. The van der Waals surface area contributed by atoms with Gasteiger partial charge in [0.15, 0.2) is 11.5 Å². The molecule has 2 atom stereocenters. The molecular weight excluding hydrogens is 556 g/mol. The predicted octanol–water partition coefficient (Wildman–Crippen LogP) is 6.63. The highest BCUT2D eigenvalue weighted by Gasteiger charge is 2.33. The Morgan fingerprint density at radius 1 is 0.773 bits per heavy atom. The van der Waals surface area contributed by atoms with E-state index in [9.17, 15) is 9.59 Å². The van der Waals surface area contributed by atoms with Crippen LogP contribution >= 0.6 is 0 Å². The minimum absolute atomic E-state index is 0.0546. The fourth-order valence-corrected chi connectivity index (χ4v) is 5.90. The molecule has 226 valence electrons. The van der Waals surface area contributed by atoms with Crippen molar-refractivity contribution in [2.75, 3.05) is 20.3 Å². The lowest BCUT2D eigenvalue weighted by atomic mass is 10.1. The number of hydrogen-bond donors (Lipinski definition) is 0. The summed E-state index contributed by atoms with van der Waals surface area (Å²) in [5.74, 6) is 1.51. The van der Waals surface area contributed by atoms with Crippen LogP contribution in [0.5, 0.6) is 17.2 Å². The van der Waals surface area contributed by atoms with E-state index < -0.39 is 0 Å². The zero-order valence-electron chi connectivity index (χ0n) is 25.4. The summed E-state index contributed by atoms with van der Waals surface area (Å²) in [4.78, 5) is 39.4. The number of carbonyl (C=O) groups excluding carboxylic acids is 2. The Bertz CT molecular complexity index is 1680. The van der Waals surface area contributed by atoms with Crippen LogP contribution in [0.25, 0.3) is 0 Å². The topological polar surface area (TPSA) is 93.0 Å². The molecule has 0 aromatic heterocycles. The minimum Gasteiger partial charge on any atom is -0.493 e. The Morgan fingerprint density at radius 3 is 1.84 bits per heavy atom. The highest BCUT2D eigenvalue weighted by Crippen LogP contribution is 2.39. The van der Waals surface area contributed by atoms with Gasteiger partial charge in [-0.15, -0.1) is 0 Å². The van der Waals surface area contributed by atoms with Crippen molar-refractivity contribution in [2.45, 2.75) is 52.1 Å². The van der Waals surface area contributed by atoms with Gasteiger partial charge < -0.3 is 24.0 Å². The third-order valence-electron chi connectivity index (χ3n) is 8.06. The van der Waals surface area contributed by atoms with Crippen molar-refractivity contribution in [3.63, 3.8) is 0 Å². The average Bonchev–Trinajstić information content (AvgIpc) is 3.56. The maximum Gasteiger partial charge on any atom is 0.260 e. The fourth-order valence-electron chi connectivity index (χ4n) is 5.90. The van der Waals surface area contributed by atoms with E-state index in [0.717, 1.165) is 29.6 Å². The lowest BCUT2D eigenvalue weighted by Gasteiger charge is -2.19. The fraction of sp³-hybridized carbons (Fsp3) is 0.314. The van der Waals surface area contributed by atoms with E-state index >= 15 is 0 Å². The van der Waals surface area contributed by atoms with Crippen molar-refractivity contribution < 1.29 is 23.8 Å². The standard InChI is InChI=1S/C35H36N4O5/c1-5-8-23-13-25-18-36-29-16-31(22(3)12-27(29)34(40)38(25)20-23)43-10-7-11-44-33-17-30-28(15-32(33)42-4)35(41)39-21-24(9-6-2)14-26(39)19-37-30/h5-6,8-9,12,15-21,25-26H,7,10-11,13-14H2,1-4H3/b8-5+,9-6+/t25-,26-/m0/s1. The number of benzene rings is 2. The first-order valence-corrected chi connectivity index (χ1v) is 14.9. The Hall–Kier alpha value is -4.92. The van der Waals surface area contributed by atoms with Crippen LogP contribution in [-0.2, 0) is 0 Å². The summed E-state index contributed by atoms with van der Waals surface area (Å²) in [6, 6.07) is 6.96. The number of rotatable bonds is 9. The number of fused-ring (bicyclic) bond motifs is 4. The van der Waals surface area contributed by atoms with Crippen molar-refractivity contribution in [2.24, 2.45) is 9.98 Å². The van der Waals surface area contributed by atoms with Gasteiger partial charge in [-0.2, -0.15) is 0 Å². The molecule has 9 heteroatoms. The number of ether oxygens (including phenoxy) is 3. The van der Waals surface area contributed by atoms with Gasteiger partial charge in [0.25, 0.3) is 11.8 Å². The number of methoxy groups -OCH3 is 1. The highest BCUT2D eigenvalue weighted by molar-refractivity contribution is 6.05. The lowest BCUT2D eigenvalue weighted by molar-refractivity contribution is 0.0809. The third-order valence-corrected chi connectivity index (χ3v) is 8.06. The predicted molar refractivity (Wildman–Crippen MR) is 171 cm³/mol. The first-order chi connectivity index (χ1) is 21.4. The van der Waals surface area contributed by atoms with Crippen molar-refractivity contribution >= 4 is 35.6 Å². The normalized spacial score (nSPS) is 20.3. The molecule has 4 aliphatic rings. The highest BCUT2D eigenvalue weighted by atomic mass is 16.5. The van der Waals surface area contributed by atoms with Gasteiger partial charge in [-0.25, -0.2) is 0 Å². The van der Waals surface area contributed by atoms with Gasteiger partial charge in [-0.3, -0.25) is 19.6 Å². The summed E-state index contributed by atoms with van der Waals surface area (Å²) in [7, 11) is 1.56. The Labute approximate surface area is 257 Å². The van der Waals surface area contributed by atoms with E-state index in [1.165, 1.54) is 0 Å². The van der Waals surface area contributed by atoms with Gasteiger partial charge >= 0.3 is 0 Å². The molecule has 0 radical (unpaired) electrons. The second-order valence-corrected chi connectivity index (χ2v) is 11.1. The van der Waals surface area contributed by atoms with Crippen LogP contribution in [0.15, 0.2) is 82.1 Å². The molecule has 0 spiro atoms. The summed E-state index contributed by atoms with van der Waals surface area (Å²) in [6.45, 7) is 6.64. The maximum atomic E-state index is 13.4. The molecule has 6 rings (SSSR count). The molecule has 0 saturated carbocycles. The van der Waals surface area contributed by atoms with E-state index in [1.807, 2.05) is 82.0 Å². The molecule has 4 aliphatic heterocycles. The Kier molecular flexibility index (Phi) is 8.19. The van der Waals surface area contributed by atoms with E-state index in [0.29, 0.717) is 59.4 Å². The molecule has 0 fully saturated rings. The number of carbonyl (C=O) groups is 2.